The van der Waals surface area contributed by atoms with Crippen molar-refractivity contribution < 1.29 is 24.6 Å². The van der Waals surface area contributed by atoms with Crippen LogP contribution < -0.4 is 10.3 Å². The highest BCUT2D eigenvalue weighted by Gasteiger charge is 2.45. The topological polar surface area (TPSA) is 131 Å². The van der Waals surface area contributed by atoms with Gasteiger partial charge < -0.3 is 25.8 Å². The monoisotopic (exact) mass is 526 g/mol. The molecule has 1 saturated heterocycles. The molecule has 5 rings (SSSR count). The van der Waals surface area contributed by atoms with Gasteiger partial charge in [-0.15, -0.1) is 0 Å². The molecule has 8 atom stereocenters. The molecule has 2 aromatic rings. The number of ether oxygens (including phenoxy) is 1. The van der Waals surface area contributed by atoms with Gasteiger partial charge in [-0.2, -0.15) is 0 Å². The van der Waals surface area contributed by atoms with Crippen LogP contribution in [-0.2, 0) is 11.3 Å². The highest BCUT2D eigenvalue weighted by molar-refractivity contribution is 5.79. The molecule has 38 heavy (non-hydrogen) atoms. The van der Waals surface area contributed by atoms with Crippen molar-refractivity contribution >= 4 is 17.0 Å². The highest BCUT2D eigenvalue weighted by atomic mass is 16.6. The molecule has 0 spiro atoms. The Labute approximate surface area is 225 Å². The summed E-state index contributed by atoms with van der Waals surface area (Å²) in [6, 6.07) is 0. The molecule has 3 aliphatic rings. The molecule has 1 saturated carbocycles. The zero-order valence-electron chi connectivity index (χ0n) is 23.1. The van der Waals surface area contributed by atoms with Crippen LogP contribution in [-0.4, -0.2) is 54.8 Å². The molecule has 208 valence electrons. The molecule has 0 bridgehead atoms. The Balaban J connectivity index is 1.28. The summed E-state index contributed by atoms with van der Waals surface area (Å²) in [5.41, 5.74) is 10.8. The largest absolute Gasteiger partial charge is 0.394 e. The van der Waals surface area contributed by atoms with Crippen LogP contribution in [0, 0.1) is 23.2 Å². The quantitative estimate of drug-likeness (QED) is 0.322. The molecule has 2 aromatic heterocycles. The Morgan fingerprint density at radius 2 is 2.05 bits per heavy atom. The molecule has 5 unspecified atom stereocenters. The maximum Gasteiger partial charge on any atom is 0.251 e. The average molecular weight is 527 g/mol. The van der Waals surface area contributed by atoms with E-state index in [-0.39, 0.29) is 0 Å². The van der Waals surface area contributed by atoms with Gasteiger partial charge in [-0.05, 0) is 62.2 Å². The predicted octanol–water partition coefficient (Wildman–Crippen LogP) is 3.05. The third-order valence-electron chi connectivity index (χ3n) is 9.86. The van der Waals surface area contributed by atoms with Gasteiger partial charge in [-0.1, -0.05) is 55.5 Å². The van der Waals surface area contributed by atoms with E-state index in [1.54, 1.807) is 16.5 Å². The summed E-state index contributed by atoms with van der Waals surface area (Å²) in [5, 5.41) is 29.9. The van der Waals surface area contributed by atoms with Crippen molar-refractivity contribution in [1.29, 1.82) is 0 Å². The van der Waals surface area contributed by atoms with Crippen LogP contribution in [0.2, 0.25) is 0 Å². The summed E-state index contributed by atoms with van der Waals surface area (Å²) in [6.07, 6.45) is 11.2. The number of fused-ring (bicyclic) bond motifs is 2. The molecule has 3 heterocycles. The first-order valence-electron chi connectivity index (χ1n) is 14.1. The SMILES string of the molecule is C/C(=C\C[n+]1cnc2c(ncn2C2OC(CO)C(O)C2O)c1N)CC[C@]1(C)C2CCC[C@@H](C)C2=CC[C@H]1C. The summed E-state index contributed by atoms with van der Waals surface area (Å²) in [6.45, 7) is 9.78. The number of allylic oxidation sites excluding steroid dienone is 4. The van der Waals surface area contributed by atoms with Gasteiger partial charge in [0.25, 0.3) is 5.82 Å². The first-order valence-corrected chi connectivity index (χ1v) is 14.1. The fourth-order valence-electron chi connectivity index (χ4n) is 6.96. The number of imidazole rings is 1. The zero-order valence-corrected chi connectivity index (χ0v) is 23.1. The number of hydrogen-bond acceptors (Lipinski definition) is 7. The van der Waals surface area contributed by atoms with Crippen molar-refractivity contribution in [2.24, 2.45) is 23.2 Å². The van der Waals surface area contributed by atoms with Gasteiger partial charge in [-0.25, -0.2) is 9.55 Å². The Bertz CT molecular complexity index is 1230. The third kappa shape index (κ3) is 4.68. The number of nitrogens with zero attached hydrogens (tertiary/aromatic N) is 4. The van der Waals surface area contributed by atoms with Crippen LogP contribution in [0.4, 0.5) is 5.82 Å². The van der Waals surface area contributed by atoms with Gasteiger partial charge in [0.2, 0.25) is 12.0 Å². The fourth-order valence-corrected chi connectivity index (χ4v) is 6.96. The van der Waals surface area contributed by atoms with E-state index in [1.165, 1.54) is 44.0 Å². The van der Waals surface area contributed by atoms with Crippen LogP contribution in [0.3, 0.4) is 0 Å². The van der Waals surface area contributed by atoms with Gasteiger partial charge >= 0.3 is 0 Å². The smallest absolute Gasteiger partial charge is 0.251 e. The second-order valence-corrected chi connectivity index (χ2v) is 12.1. The molecule has 1 aliphatic heterocycles. The van der Waals surface area contributed by atoms with Gasteiger partial charge in [0, 0.05) is 0 Å². The Morgan fingerprint density at radius 3 is 2.79 bits per heavy atom. The van der Waals surface area contributed by atoms with Crippen molar-refractivity contribution in [1.82, 2.24) is 14.5 Å². The fraction of sp³-hybridized carbons (Fsp3) is 0.690. The molecular weight excluding hydrogens is 482 g/mol. The molecule has 5 N–H and O–H groups in total. The van der Waals surface area contributed by atoms with Gasteiger partial charge in [0.1, 0.15) is 24.6 Å². The van der Waals surface area contributed by atoms with Crippen molar-refractivity contribution in [3.05, 3.63) is 36.0 Å². The second-order valence-electron chi connectivity index (χ2n) is 12.1. The van der Waals surface area contributed by atoms with E-state index in [0.717, 1.165) is 12.3 Å². The van der Waals surface area contributed by atoms with E-state index < -0.39 is 31.1 Å². The summed E-state index contributed by atoms with van der Waals surface area (Å²) >= 11 is 0. The van der Waals surface area contributed by atoms with Crippen LogP contribution in [0.5, 0.6) is 0 Å². The summed E-state index contributed by atoms with van der Waals surface area (Å²) in [4.78, 5) is 8.95. The van der Waals surface area contributed by atoms with Gasteiger partial charge in [0.15, 0.2) is 11.7 Å². The lowest BCUT2D eigenvalue weighted by molar-refractivity contribution is -0.674. The number of hydrogen-bond donors (Lipinski definition) is 4. The molecule has 2 fully saturated rings. The van der Waals surface area contributed by atoms with E-state index >= 15 is 0 Å². The average Bonchev–Trinajstić information content (AvgIpc) is 3.46. The molecular formula is C29H44N5O4+. The van der Waals surface area contributed by atoms with Crippen LogP contribution >= 0.6 is 0 Å². The Kier molecular flexibility index (Phi) is 7.66. The predicted molar refractivity (Wildman–Crippen MR) is 145 cm³/mol. The lowest BCUT2D eigenvalue weighted by Gasteiger charge is -2.50. The number of aliphatic hydroxyl groups is 3. The number of aliphatic hydroxyl groups excluding tert-OH is 3. The number of nitrogen functional groups attached to an aromatic ring is 1. The Morgan fingerprint density at radius 1 is 1.26 bits per heavy atom. The zero-order chi connectivity index (χ0) is 27.2. The standard InChI is InChI=1S/C29H43N5O4/c1-17(10-12-29(4)19(3)8-9-20-18(2)6-5-7-21(20)29)11-13-33-15-32-27-23(26(33)30)31-16-34(27)28-25(37)24(36)22(14-35)38-28/h9,11,15-16,18-19,21-22,24-25,28,30,35-37H,5-8,10,12-14H2,1-4H3/p+1/b17-11+/t18-,19-,21?,22?,24?,25?,28?,29+/m1/s1. The van der Waals surface area contributed by atoms with Crippen LogP contribution in [0.25, 0.3) is 11.2 Å². The normalized spacial score (nSPS) is 35.9. The molecule has 0 amide bonds. The van der Waals surface area contributed by atoms with Gasteiger partial charge in [-0.3, -0.25) is 4.57 Å². The lowest BCUT2D eigenvalue weighted by Crippen LogP contribution is -2.41. The van der Waals surface area contributed by atoms with E-state index in [9.17, 15) is 15.3 Å². The first-order chi connectivity index (χ1) is 18.2. The van der Waals surface area contributed by atoms with Crippen molar-refractivity contribution in [2.45, 2.75) is 97.3 Å². The first kappa shape index (κ1) is 27.2. The highest BCUT2D eigenvalue weighted by Crippen LogP contribution is 2.54. The third-order valence-corrected chi connectivity index (χ3v) is 9.86. The Hall–Kier alpha value is -2.33. The molecule has 9 heteroatoms. The number of anilines is 1. The van der Waals surface area contributed by atoms with E-state index in [2.05, 4.69) is 49.8 Å². The molecule has 0 aromatic carbocycles. The van der Waals surface area contributed by atoms with E-state index in [0.29, 0.717) is 40.8 Å². The summed E-state index contributed by atoms with van der Waals surface area (Å²) < 4.78 is 9.07. The van der Waals surface area contributed by atoms with E-state index in [1.807, 2.05) is 4.57 Å². The minimum atomic E-state index is -1.21. The van der Waals surface area contributed by atoms with E-state index in [4.69, 9.17) is 10.5 Å². The van der Waals surface area contributed by atoms with Gasteiger partial charge in [0.05, 0.1) is 13.2 Å². The summed E-state index contributed by atoms with van der Waals surface area (Å²) in [5.74, 6) is 2.61. The minimum Gasteiger partial charge on any atom is -0.394 e. The molecule has 2 aliphatic carbocycles. The number of nitrogens with two attached hydrogens (primary N) is 1. The van der Waals surface area contributed by atoms with Crippen molar-refractivity contribution in [3.63, 3.8) is 0 Å². The second kappa shape index (κ2) is 10.7. The summed E-state index contributed by atoms with van der Waals surface area (Å²) in [7, 11) is 0. The van der Waals surface area contributed by atoms with Crippen molar-refractivity contribution in [2.75, 3.05) is 12.3 Å². The van der Waals surface area contributed by atoms with Crippen LogP contribution in [0.1, 0.15) is 72.4 Å². The maximum atomic E-state index is 10.4. The lowest BCUT2D eigenvalue weighted by atomic mass is 9.55. The minimum absolute atomic E-state index is 0.336. The maximum absolute atomic E-state index is 10.4. The van der Waals surface area contributed by atoms with Crippen molar-refractivity contribution in [3.8, 4) is 0 Å². The number of aromatic nitrogens is 4. The molecule has 9 nitrogen and oxygen atoms in total. The van der Waals surface area contributed by atoms with Crippen LogP contribution in [0.15, 0.2) is 36.0 Å². The molecule has 0 radical (unpaired) electrons. The number of rotatable bonds is 7.